The third-order valence-electron chi connectivity index (χ3n) is 2.56. The Balaban J connectivity index is 2.15. The van der Waals surface area contributed by atoms with E-state index in [1.165, 1.54) is 5.56 Å². The number of aryl methyl sites for hydroxylation is 2. The molecule has 0 spiro atoms. The molecule has 0 radical (unpaired) electrons. The normalized spacial score (nSPS) is 10.8. The minimum Gasteiger partial charge on any atom is -0.481 e. The lowest BCUT2D eigenvalue weighted by molar-refractivity contribution is -0.137. The van der Waals surface area contributed by atoms with E-state index < -0.39 is 5.97 Å². The lowest BCUT2D eigenvalue weighted by atomic mass is 10.2. The van der Waals surface area contributed by atoms with Crippen LogP contribution < -0.4 is 0 Å². The number of imidazole rings is 1. The molecule has 0 atom stereocenters. The van der Waals surface area contributed by atoms with E-state index in [2.05, 4.69) is 11.1 Å². The first-order valence-corrected chi connectivity index (χ1v) is 5.31. The number of fused-ring (bicyclic) bond motifs is 1. The molecule has 4 nitrogen and oxygen atoms in total. The van der Waals surface area contributed by atoms with Gasteiger partial charge in [-0.25, -0.2) is 4.98 Å². The first kappa shape index (κ1) is 10.7. The van der Waals surface area contributed by atoms with E-state index in [0.717, 1.165) is 11.3 Å². The van der Waals surface area contributed by atoms with Crippen LogP contribution in [0.1, 0.15) is 24.2 Å². The molecule has 0 amide bonds. The summed E-state index contributed by atoms with van der Waals surface area (Å²) in [5, 5.41) is 8.56. The molecule has 0 aliphatic carbocycles. The van der Waals surface area contributed by atoms with Crippen LogP contribution in [-0.4, -0.2) is 20.5 Å². The van der Waals surface area contributed by atoms with Gasteiger partial charge >= 0.3 is 5.97 Å². The van der Waals surface area contributed by atoms with E-state index in [4.69, 9.17) is 5.11 Å². The van der Waals surface area contributed by atoms with Gasteiger partial charge in [0.15, 0.2) is 0 Å². The maximum Gasteiger partial charge on any atom is 0.303 e. The summed E-state index contributed by atoms with van der Waals surface area (Å²) in [6.07, 6.45) is 5.32. The molecule has 0 fully saturated rings. The zero-order valence-electron chi connectivity index (χ0n) is 9.18. The van der Waals surface area contributed by atoms with Gasteiger partial charge < -0.3 is 9.51 Å². The van der Waals surface area contributed by atoms with E-state index in [-0.39, 0.29) is 6.42 Å². The van der Waals surface area contributed by atoms with Crippen molar-refractivity contribution in [2.24, 2.45) is 0 Å². The van der Waals surface area contributed by atoms with Crippen molar-refractivity contribution >= 4 is 11.5 Å². The second kappa shape index (κ2) is 4.35. The molecule has 0 saturated carbocycles. The molecule has 0 unspecified atom stereocenters. The van der Waals surface area contributed by atoms with Crippen molar-refractivity contribution in [2.45, 2.75) is 26.2 Å². The first-order chi connectivity index (χ1) is 7.66. The van der Waals surface area contributed by atoms with Crippen LogP contribution in [0.4, 0.5) is 0 Å². The van der Waals surface area contributed by atoms with E-state index in [1.54, 1.807) is 0 Å². The summed E-state index contributed by atoms with van der Waals surface area (Å²) in [7, 11) is 0. The molecule has 84 valence electrons. The van der Waals surface area contributed by atoms with Crippen LogP contribution in [0.2, 0.25) is 0 Å². The van der Waals surface area contributed by atoms with E-state index in [1.807, 2.05) is 29.8 Å². The Hall–Kier alpha value is -1.84. The highest BCUT2D eigenvalue weighted by atomic mass is 16.4. The number of hydrogen-bond acceptors (Lipinski definition) is 2. The van der Waals surface area contributed by atoms with Crippen molar-refractivity contribution in [1.29, 1.82) is 0 Å². The van der Waals surface area contributed by atoms with Crippen molar-refractivity contribution in [3.05, 3.63) is 35.9 Å². The monoisotopic (exact) mass is 218 g/mol. The van der Waals surface area contributed by atoms with Gasteiger partial charge in [0.25, 0.3) is 0 Å². The van der Waals surface area contributed by atoms with Gasteiger partial charge in [-0.05, 0) is 31.0 Å². The summed E-state index contributed by atoms with van der Waals surface area (Å²) in [5.41, 5.74) is 2.26. The largest absolute Gasteiger partial charge is 0.481 e. The van der Waals surface area contributed by atoms with Crippen LogP contribution >= 0.6 is 0 Å². The third-order valence-corrected chi connectivity index (χ3v) is 2.56. The zero-order valence-corrected chi connectivity index (χ0v) is 9.18. The summed E-state index contributed by atoms with van der Waals surface area (Å²) in [5.74, 6) is 0.174. The van der Waals surface area contributed by atoms with Crippen molar-refractivity contribution in [2.75, 3.05) is 0 Å². The van der Waals surface area contributed by atoms with E-state index in [9.17, 15) is 4.79 Å². The summed E-state index contributed by atoms with van der Waals surface area (Å²) in [6, 6.07) is 4.09. The smallest absolute Gasteiger partial charge is 0.303 e. The molecule has 0 aliphatic heterocycles. The minimum atomic E-state index is -0.753. The number of pyridine rings is 1. The molecule has 4 heteroatoms. The first-order valence-electron chi connectivity index (χ1n) is 5.31. The second-order valence-electron chi connectivity index (χ2n) is 3.92. The Morgan fingerprint density at radius 1 is 1.56 bits per heavy atom. The van der Waals surface area contributed by atoms with Gasteiger partial charge in [-0.2, -0.15) is 0 Å². The van der Waals surface area contributed by atoms with Gasteiger partial charge in [0.05, 0.1) is 11.7 Å². The molecule has 2 rings (SSSR count). The van der Waals surface area contributed by atoms with E-state index >= 15 is 0 Å². The highest BCUT2D eigenvalue weighted by Gasteiger charge is 2.04. The average Bonchev–Trinajstić information content (AvgIpc) is 2.60. The Morgan fingerprint density at radius 2 is 2.38 bits per heavy atom. The fourth-order valence-corrected chi connectivity index (χ4v) is 1.75. The number of aliphatic carboxylic acids is 1. The fourth-order valence-electron chi connectivity index (χ4n) is 1.75. The van der Waals surface area contributed by atoms with Crippen molar-refractivity contribution in [3.63, 3.8) is 0 Å². The molecule has 1 N–H and O–H groups in total. The summed E-state index contributed by atoms with van der Waals surface area (Å²) >= 11 is 0. The second-order valence-corrected chi connectivity index (χ2v) is 3.92. The quantitative estimate of drug-likeness (QED) is 0.854. The van der Waals surface area contributed by atoms with Gasteiger partial charge in [0.2, 0.25) is 0 Å². The lowest BCUT2D eigenvalue weighted by Gasteiger charge is -2.00. The Morgan fingerprint density at radius 3 is 3.12 bits per heavy atom. The van der Waals surface area contributed by atoms with Crippen LogP contribution in [0.5, 0.6) is 0 Å². The molecule has 0 saturated heterocycles. The van der Waals surface area contributed by atoms with Crippen molar-refractivity contribution in [1.82, 2.24) is 9.38 Å². The van der Waals surface area contributed by atoms with Crippen LogP contribution in [0.25, 0.3) is 5.52 Å². The molecular weight excluding hydrogens is 204 g/mol. The third kappa shape index (κ3) is 2.21. The SMILES string of the molecule is Cc1ccn2c(CCCC(=O)O)ncc2c1. The molecule has 2 aromatic heterocycles. The van der Waals surface area contributed by atoms with Gasteiger partial charge in [0, 0.05) is 19.0 Å². The summed E-state index contributed by atoms with van der Waals surface area (Å²) in [4.78, 5) is 14.7. The van der Waals surface area contributed by atoms with Gasteiger partial charge in [-0.1, -0.05) is 0 Å². The number of carboxylic acids is 1. The molecule has 0 bridgehead atoms. The molecule has 16 heavy (non-hydrogen) atoms. The van der Waals surface area contributed by atoms with Crippen LogP contribution in [-0.2, 0) is 11.2 Å². The molecule has 0 aromatic carbocycles. The highest BCUT2D eigenvalue weighted by Crippen LogP contribution is 2.11. The predicted molar refractivity (Wildman–Crippen MR) is 60.5 cm³/mol. The Kier molecular flexibility index (Phi) is 2.90. The number of carboxylic acid groups (broad SMARTS) is 1. The van der Waals surface area contributed by atoms with Crippen LogP contribution in [0.3, 0.4) is 0 Å². The topological polar surface area (TPSA) is 54.6 Å². The van der Waals surface area contributed by atoms with Crippen molar-refractivity contribution < 1.29 is 9.90 Å². The highest BCUT2D eigenvalue weighted by molar-refractivity contribution is 5.66. The lowest BCUT2D eigenvalue weighted by Crippen LogP contribution is -1.99. The Labute approximate surface area is 93.5 Å². The van der Waals surface area contributed by atoms with Gasteiger partial charge in [0.1, 0.15) is 5.82 Å². The Bertz CT molecular complexity index is 517. The predicted octanol–water partition coefficient (Wildman–Crippen LogP) is 2.05. The zero-order chi connectivity index (χ0) is 11.5. The van der Waals surface area contributed by atoms with E-state index in [0.29, 0.717) is 12.8 Å². The fraction of sp³-hybridized carbons (Fsp3) is 0.333. The van der Waals surface area contributed by atoms with Crippen LogP contribution in [0, 0.1) is 6.92 Å². The number of hydrogen-bond donors (Lipinski definition) is 1. The summed E-state index contributed by atoms with van der Waals surface area (Å²) in [6.45, 7) is 2.04. The van der Waals surface area contributed by atoms with Crippen LogP contribution in [0.15, 0.2) is 24.5 Å². The molecular formula is C12H14N2O2. The maximum atomic E-state index is 10.4. The minimum absolute atomic E-state index is 0.195. The van der Waals surface area contributed by atoms with Gasteiger partial charge in [-0.15, -0.1) is 0 Å². The standard InChI is InChI=1S/C12H14N2O2/c1-9-5-6-14-10(7-9)8-13-11(14)3-2-4-12(15)16/h5-8H,2-4H2,1H3,(H,15,16). The number of aromatic nitrogens is 2. The molecule has 2 heterocycles. The summed E-state index contributed by atoms with van der Waals surface area (Å²) < 4.78 is 2.01. The number of rotatable bonds is 4. The number of nitrogens with zero attached hydrogens (tertiary/aromatic N) is 2. The maximum absolute atomic E-state index is 10.4. The molecule has 0 aliphatic rings. The average molecular weight is 218 g/mol. The molecule has 2 aromatic rings. The number of carbonyl (C=O) groups is 1. The van der Waals surface area contributed by atoms with Gasteiger partial charge in [-0.3, -0.25) is 4.79 Å². The van der Waals surface area contributed by atoms with Crippen molar-refractivity contribution in [3.8, 4) is 0 Å².